The number of halogens is 2. The molecule has 0 unspecified atom stereocenters. The van der Waals surface area contributed by atoms with Gasteiger partial charge in [-0.05, 0) is 133 Å². The largest absolute Gasteiger partial charge is 2.00 e. The zero-order chi connectivity index (χ0) is 38.6. The molecule has 0 bridgehead atoms. The maximum atomic E-state index is 5.36. The Hall–Kier alpha value is -3.72. The van der Waals surface area contributed by atoms with E-state index < -0.39 is 0 Å². The van der Waals surface area contributed by atoms with E-state index >= 15 is 0 Å². The molecule has 2 saturated heterocycles. The number of allylic oxidation sites excluding steroid dienone is 5. The maximum Gasteiger partial charge on any atom is 2.00 e. The van der Waals surface area contributed by atoms with Gasteiger partial charge >= 0.3 is 19.5 Å². The molecule has 298 valence electrons. The number of benzene rings is 4. The zero-order valence-corrected chi connectivity index (χ0v) is 38.7. The zero-order valence-electron chi connectivity index (χ0n) is 35.5. The molecule has 2 heterocycles. The molecule has 2 radical (unpaired) electrons. The van der Waals surface area contributed by atoms with E-state index in [0.717, 1.165) is 31.8 Å². The summed E-state index contributed by atoms with van der Waals surface area (Å²) in [7, 11) is 0. The van der Waals surface area contributed by atoms with Gasteiger partial charge in [0.05, 0.1) is 0 Å². The molecular formula is C49H60Cl2N4Ru. The van der Waals surface area contributed by atoms with Crippen molar-refractivity contribution in [2.45, 2.75) is 83.1 Å². The number of aryl methyl sites for hydroxylation is 12. The van der Waals surface area contributed by atoms with Crippen molar-refractivity contribution in [2.24, 2.45) is 0 Å². The number of hydrogen-bond donors (Lipinski definition) is 0. The van der Waals surface area contributed by atoms with Crippen LogP contribution in [0.3, 0.4) is 0 Å². The molecule has 0 amide bonds. The van der Waals surface area contributed by atoms with Crippen LogP contribution in [0.25, 0.3) is 0 Å². The third-order valence-corrected chi connectivity index (χ3v) is 10.2. The van der Waals surface area contributed by atoms with Crippen molar-refractivity contribution in [1.82, 2.24) is 0 Å². The van der Waals surface area contributed by atoms with Gasteiger partial charge in [-0.25, -0.2) is 0 Å². The molecule has 4 nitrogen and oxygen atoms in total. The fourth-order valence-corrected chi connectivity index (χ4v) is 8.63. The van der Waals surface area contributed by atoms with Crippen molar-refractivity contribution < 1.29 is 44.3 Å². The Labute approximate surface area is 365 Å². The van der Waals surface area contributed by atoms with Crippen LogP contribution in [0.15, 0.2) is 78.4 Å². The maximum absolute atomic E-state index is 5.36. The van der Waals surface area contributed by atoms with Gasteiger partial charge in [0, 0.05) is 48.9 Å². The van der Waals surface area contributed by atoms with Crippen molar-refractivity contribution in [2.75, 3.05) is 45.8 Å². The molecule has 7 heteroatoms. The van der Waals surface area contributed by atoms with Crippen LogP contribution in [-0.4, -0.2) is 26.2 Å². The predicted molar refractivity (Wildman–Crippen MR) is 231 cm³/mol. The Kier molecular flexibility index (Phi) is 18.3. The Morgan fingerprint density at radius 3 is 0.750 bits per heavy atom. The van der Waals surface area contributed by atoms with Gasteiger partial charge in [-0.3, -0.25) is 0 Å². The summed E-state index contributed by atoms with van der Waals surface area (Å²) in [6.07, 6.45) is 9.49. The Morgan fingerprint density at radius 1 is 0.393 bits per heavy atom. The van der Waals surface area contributed by atoms with Crippen LogP contribution in [0, 0.1) is 109 Å². The van der Waals surface area contributed by atoms with Crippen LogP contribution >= 0.6 is 0 Å². The van der Waals surface area contributed by atoms with Crippen LogP contribution < -0.4 is 44.4 Å². The summed E-state index contributed by atoms with van der Waals surface area (Å²) in [4.78, 5) is 9.62. The fraction of sp³-hybridized carbons (Fsp3) is 0.327. The normalized spacial score (nSPS) is 14.2. The molecule has 2 fully saturated rings. The average Bonchev–Trinajstić information content (AvgIpc) is 3.71. The molecule has 0 atom stereocenters. The summed E-state index contributed by atoms with van der Waals surface area (Å²) < 4.78 is 0. The Bertz CT molecular complexity index is 1690. The monoisotopic (exact) mass is 876 g/mol. The van der Waals surface area contributed by atoms with E-state index in [2.05, 4.69) is 165 Å². The first-order valence-electron chi connectivity index (χ1n) is 19.0. The van der Waals surface area contributed by atoms with E-state index in [-0.39, 0.29) is 44.3 Å². The van der Waals surface area contributed by atoms with Crippen LogP contribution in [0.5, 0.6) is 0 Å². The summed E-state index contributed by atoms with van der Waals surface area (Å²) >= 11 is 0. The van der Waals surface area contributed by atoms with Gasteiger partial charge in [0.25, 0.3) is 0 Å². The molecule has 2 aliphatic heterocycles. The molecule has 4 aromatic carbocycles. The SMILES string of the molecule is Cc1cc(C)c(N2[CH]N(c3c(C)cc(C)cc3C)CC2)c(C)c1.Cc1cc(C)c(N2[CH]N(c3c(C)cc(C)cc3C)CC2)c(C)c1.[CH+]=C1C=C[CH-]C=C1.[Cl-].[Cl-].[Ru+2]. The number of anilines is 4. The second-order valence-electron chi connectivity index (χ2n) is 15.4. The van der Waals surface area contributed by atoms with Crippen molar-refractivity contribution >= 4 is 22.7 Å². The summed E-state index contributed by atoms with van der Waals surface area (Å²) in [5.74, 6) is 0. The minimum Gasteiger partial charge on any atom is -1.00 e. The van der Waals surface area contributed by atoms with Crippen molar-refractivity contribution in [3.63, 3.8) is 0 Å². The molecular weight excluding hydrogens is 817 g/mol. The topological polar surface area (TPSA) is 13.0 Å². The third kappa shape index (κ3) is 11.7. The summed E-state index contributed by atoms with van der Waals surface area (Å²) in [5, 5.41) is 0. The van der Waals surface area contributed by atoms with E-state index in [1.165, 1.54) is 89.5 Å². The molecule has 7 rings (SSSR count). The number of nitrogens with zero attached hydrogens (tertiary/aromatic N) is 4. The van der Waals surface area contributed by atoms with E-state index in [1.807, 2.05) is 30.7 Å². The van der Waals surface area contributed by atoms with Crippen LogP contribution in [0.1, 0.15) is 66.8 Å². The molecule has 0 N–H and O–H groups in total. The van der Waals surface area contributed by atoms with Gasteiger partial charge in [0.2, 0.25) is 0 Å². The first kappa shape index (κ1) is 48.4. The first-order chi connectivity index (χ1) is 25.1. The van der Waals surface area contributed by atoms with Gasteiger partial charge in [-0.15, -0.1) is 12.2 Å². The minimum absolute atomic E-state index is 0. The first-order valence-corrected chi connectivity index (χ1v) is 19.0. The number of rotatable bonds is 4. The van der Waals surface area contributed by atoms with E-state index in [1.54, 1.807) is 0 Å². The summed E-state index contributed by atoms with van der Waals surface area (Å²) in [6.45, 7) is 40.5. The molecule has 0 saturated carbocycles. The molecule has 3 aliphatic rings. The second-order valence-corrected chi connectivity index (χ2v) is 15.4. The van der Waals surface area contributed by atoms with Crippen LogP contribution in [-0.2, 0) is 19.5 Å². The van der Waals surface area contributed by atoms with E-state index in [0.29, 0.717) is 0 Å². The fourth-order valence-electron chi connectivity index (χ4n) is 8.63. The van der Waals surface area contributed by atoms with Gasteiger partial charge < -0.3 is 44.4 Å². The predicted octanol–water partition coefficient (Wildman–Crippen LogP) is 5.65. The second kappa shape index (κ2) is 21.2. The summed E-state index contributed by atoms with van der Waals surface area (Å²) in [5.41, 5.74) is 22.5. The Balaban J connectivity index is 0.000000315. The molecule has 0 aromatic heterocycles. The van der Waals surface area contributed by atoms with Gasteiger partial charge in [-0.1, -0.05) is 77.4 Å². The number of hydrogen-bond acceptors (Lipinski definition) is 4. The smallest absolute Gasteiger partial charge is 1.00 e. The molecule has 4 aromatic rings. The third-order valence-electron chi connectivity index (χ3n) is 10.2. The van der Waals surface area contributed by atoms with E-state index in [4.69, 9.17) is 6.58 Å². The van der Waals surface area contributed by atoms with Crippen molar-refractivity contribution in [3.8, 4) is 0 Å². The standard InChI is InChI=1S/2C21H27N2.C7H6.2ClH.Ru/c2*1-14-9-16(3)20(17(4)10-14)22-7-8-23(13-22)21-18(5)11-15(2)12-19(21)6;1-7-5-3-2-4-6-7;;;/h2*9-13H,7-8H2,1-6H3;1-6H;2*1H;/q;;;;;+2/p-2. The van der Waals surface area contributed by atoms with E-state index in [9.17, 15) is 0 Å². The van der Waals surface area contributed by atoms with Crippen LogP contribution in [0.2, 0.25) is 0 Å². The Morgan fingerprint density at radius 2 is 0.589 bits per heavy atom. The summed E-state index contributed by atoms with van der Waals surface area (Å²) in [6, 6.07) is 18.2. The van der Waals surface area contributed by atoms with Crippen molar-refractivity contribution in [3.05, 3.63) is 172 Å². The molecule has 0 spiro atoms. The van der Waals surface area contributed by atoms with Gasteiger partial charge in [0.15, 0.2) is 0 Å². The van der Waals surface area contributed by atoms with Crippen LogP contribution in [0.4, 0.5) is 22.7 Å². The average molecular weight is 877 g/mol. The van der Waals surface area contributed by atoms with Crippen molar-refractivity contribution in [1.29, 1.82) is 0 Å². The quantitative estimate of drug-likeness (QED) is 0.195. The minimum atomic E-state index is 0. The van der Waals surface area contributed by atoms with Gasteiger partial charge in [-0.2, -0.15) is 18.6 Å². The molecule has 56 heavy (non-hydrogen) atoms. The molecule has 1 aliphatic carbocycles. The van der Waals surface area contributed by atoms with Gasteiger partial charge in [0.1, 0.15) is 13.3 Å².